The molecule has 2 atom stereocenters. The molecule has 1 fully saturated rings. The van der Waals surface area contributed by atoms with Crippen molar-refractivity contribution in [3.05, 3.63) is 64.2 Å². The molecule has 15 heteroatoms. The molecule has 1 aliphatic heterocycles. The smallest absolute Gasteiger partial charge is 0.416 e. The number of ether oxygens (including phenoxy) is 1. The minimum atomic E-state index is -5.16. The highest BCUT2D eigenvalue weighted by molar-refractivity contribution is 6.66. The number of rotatable bonds is 4. The number of nitrogens with zero attached hydrogens (tertiary/aromatic N) is 2. The molecule has 0 aromatic heterocycles. The predicted octanol–water partition coefficient (Wildman–Crippen LogP) is 8.40. The van der Waals surface area contributed by atoms with E-state index in [1.165, 1.54) is 0 Å². The van der Waals surface area contributed by atoms with Crippen molar-refractivity contribution >= 4 is 28.7 Å². The number of amides is 2. The Bertz CT molecular complexity index is 1270. The molecule has 0 N–H and O–H groups in total. The lowest BCUT2D eigenvalue weighted by Gasteiger charge is -2.44. The molecule has 40 heavy (non-hydrogen) atoms. The first-order chi connectivity index (χ1) is 18.4. The highest BCUT2D eigenvalue weighted by Gasteiger charge is 2.47. The highest BCUT2D eigenvalue weighted by Crippen LogP contribution is 2.50. The van der Waals surface area contributed by atoms with Crippen LogP contribution in [0.25, 0.3) is 0 Å². The monoisotopic (exact) mass is 602 g/mol. The molecule has 1 heterocycles. The summed E-state index contributed by atoms with van der Waals surface area (Å²) < 4.78 is 126. The van der Waals surface area contributed by atoms with Crippen molar-refractivity contribution in [3.8, 4) is 0 Å². The molecule has 0 saturated heterocycles. The molecule has 1 aliphatic carbocycles. The molecule has 0 unspecified atom stereocenters. The number of carbonyl (C=O) groups excluding carboxylic acids is 2. The lowest BCUT2D eigenvalue weighted by Crippen LogP contribution is -2.48. The molecule has 0 spiro atoms. The molecule has 218 valence electrons. The normalized spacial score (nSPS) is 19.7. The van der Waals surface area contributed by atoms with Gasteiger partial charge in [-0.15, -0.1) is 0 Å². The maximum Gasteiger partial charge on any atom is 0.416 e. The number of carbonyl (C=O) groups is 2. The van der Waals surface area contributed by atoms with E-state index >= 15 is 0 Å². The average Bonchev–Trinajstić information content (AvgIpc) is 3.69. The summed E-state index contributed by atoms with van der Waals surface area (Å²) in [5, 5.41) is -0.992. The fourth-order valence-electron chi connectivity index (χ4n) is 4.99. The van der Waals surface area contributed by atoms with Crippen LogP contribution >= 0.6 is 11.6 Å². The molecule has 2 aliphatic rings. The zero-order valence-corrected chi connectivity index (χ0v) is 21.2. The quantitative estimate of drug-likeness (QED) is 0.201. The third-order valence-corrected chi connectivity index (χ3v) is 7.09. The van der Waals surface area contributed by atoms with Crippen LogP contribution in [0.1, 0.15) is 53.1 Å². The molecule has 0 bridgehead atoms. The Hall–Kier alpha value is -3.16. The maximum absolute atomic E-state index is 13.6. The molecule has 4 rings (SSSR count). The van der Waals surface area contributed by atoms with E-state index in [9.17, 15) is 49.1 Å². The van der Waals surface area contributed by atoms with Gasteiger partial charge in [-0.05, 0) is 84.3 Å². The summed E-state index contributed by atoms with van der Waals surface area (Å²) in [5.74, 6) is -0.134. The Balaban J connectivity index is 1.87. The van der Waals surface area contributed by atoms with E-state index in [1.807, 2.05) is 0 Å². The zero-order valence-electron chi connectivity index (χ0n) is 20.4. The van der Waals surface area contributed by atoms with Crippen molar-refractivity contribution in [1.82, 2.24) is 4.90 Å². The standard InChI is InChI=1S/C25H20ClF9N2O3/c1-40-22(39)36(11-12-6-15(24(30,31)32)8-16(7-12)25(33,34)35)20-10-19(13-2-3-13)37(21(26)38)18-5-4-14(9-17(18)20)23(27,28)29/h4-9,13,19-20H,2-3,10-11H2,1H3/t19-,20-/m1/s1. The number of fused-ring (bicyclic) bond motifs is 1. The van der Waals surface area contributed by atoms with Crippen molar-refractivity contribution in [3.63, 3.8) is 0 Å². The third-order valence-electron chi connectivity index (χ3n) is 6.91. The van der Waals surface area contributed by atoms with Gasteiger partial charge >= 0.3 is 30.0 Å². The van der Waals surface area contributed by atoms with E-state index in [0.717, 1.165) is 23.0 Å². The molecule has 2 amide bonds. The number of methoxy groups -OCH3 is 1. The van der Waals surface area contributed by atoms with Crippen molar-refractivity contribution in [2.24, 2.45) is 5.92 Å². The van der Waals surface area contributed by atoms with Gasteiger partial charge < -0.3 is 4.74 Å². The van der Waals surface area contributed by atoms with Crippen LogP contribution in [0.4, 0.5) is 54.8 Å². The van der Waals surface area contributed by atoms with Crippen LogP contribution in [0, 0.1) is 5.92 Å². The second-order valence-electron chi connectivity index (χ2n) is 9.56. The van der Waals surface area contributed by atoms with E-state index in [2.05, 4.69) is 0 Å². The largest absolute Gasteiger partial charge is 0.453 e. The number of alkyl halides is 9. The number of benzene rings is 2. The fraction of sp³-hybridized carbons (Fsp3) is 0.440. The van der Waals surface area contributed by atoms with Gasteiger partial charge in [0.25, 0.3) is 0 Å². The summed E-state index contributed by atoms with van der Waals surface area (Å²) in [6.45, 7) is -0.869. The lowest BCUT2D eigenvalue weighted by molar-refractivity contribution is -0.143. The minimum absolute atomic E-state index is 0.0601. The summed E-state index contributed by atoms with van der Waals surface area (Å²) in [5.41, 5.74) is -5.25. The van der Waals surface area contributed by atoms with Gasteiger partial charge in [0, 0.05) is 12.6 Å². The predicted molar refractivity (Wildman–Crippen MR) is 123 cm³/mol. The van der Waals surface area contributed by atoms with Crippen LogP contribution in [-0.4, -0.2) is 29.5 Å². The molecular weight excluding hydrogens is 583 g/mol. The van der Waals surface area contributed by atoms with Gasteiger partial charge in [-0.25, -0.2) is 4.79 Å². The van der Waals surface area contributed by atoms with Gasteiger partial charge in [0.05, 0.1) is 35.5 Å². The maximum atomic E-state index is 13.6. The topological polar surface area (TPSA) is 49.9 Å². The van der Waals surface area contributed by atoms with Gasteiger partial charge in [0.1, 0.15) is 0 Å². The van der Waals surface area contributed by atoms with E-state index in [4.69, 9.17) is 16.3 Å². The first kappa shape index (κ1) is 29.8. The lowest BCUT2D eigenvalue weighted by atomic mass is 9.86. The summed E-state index contributed by atoms with van der Waals surface area (Å²) in [7, 11) is 0.908. The van der Waals surface area contributed by atoms with Gasteiger partial charge in [0.15, 0.2) is 0 Å². The average molecular weight is 603 g/mol. The number of hydrogen-bond acceptors (Lipinski definition) is 3. The second kappa shape index (κ2) is 10.3. The molecule has 2 aromatic carbocycles. The molecule has 1 saturated carbocycles. The van der Waals surface area contributed by atoms with E-state index in [0.29, 0.717) is 37.1 Å². The van der Waals surface area contributed by atoms with E-state index in [-0.39, 0.29) is 29.7 Å². The Morgan fingerprint density at radius 2 is 1.45 bits per heavy atom. The van der Waals surface area contributed by atoms with Gasteiger partial charge in [-0.1, -0.05) is 0 Å². The third kappa shape index (κ3) is 6.11. The molecule has 0 radical (unpaired) electrons. The SMILES string of the molecule is COC(=O)N(Cc1cc(C(F)(F)F)cc(C(F)(F)F)c1)[C@@H]1C[C@H](C2CC2)N(C(=O)Cl)c2ccc(C(F)(F)F)cc21. The summed E-state index contributed by atoms with van der Waals surface area (Å²) >= 11 is 5.79. The van der Waals surface area contributed by atoms with Crippen LogP contribution < -0.4 is 4.90 Å². The fourth-order valence-corrected chi connectivity index (χ4v) is 5.20. The van der Waals surface area contributed by atoms with Crippen molar-refractivity contribution in [2.45, 2.75) is 56.4 Å². The summed E-state index contributed by atoms with van der Waals surface area (Å²) in [6.07, 6.45) is -15.3. The van der Waals surface area contributed by atoms with Crippen LogP contribution in [0.3, 0.4) is 0 Å². The molecule has 2 aromatic rings. The van der Waals surface area contributed by atoms with Crippen molar-refractivity contribution in [1.29, 1.82) is 0 Å². The first-order valence-electron chi connectivity index (χ1n) is 11.7. The Morgan fingerprint density at radius 1 is 0.900 bits per heavy atom. The van der Waals surface area contributed by atoms with Crippen LogP contribution in [0.5, 0.6) is 0 Å². The van der Waals surface area contributed by atoms with Gasteiger partial charge in [-0.3, -0.25) is 14.6 Å². The Morgan fingerprint density at radius 3 is 1.90 bits per heavy atom. The minimum Gasteiger partial charge on any atom is -0.453 e. The van der Waals surface area contributed by atoms with Crippen molar-refractivity contribution < 1.29 is 53.8 Å². The van der Waals surface area contributed by atoms with Gasteiger partial charge in [0.2, 0.25) is 0 Å². The van der Waals surface area contributed by atoms with Crippen molar-refractivity contribution in [2.75, 3.05) is 12.0 Å². The number of halogens is 10. The van der Waals surface area contributed by atoms with Gasteiger partial charge in [-0.2, -0.15) is 39.5 Å². The van der Waals surface area contributed by atoms with Crippen LogP contribution in [-0.2, 0) is 29.8 Å². The first-order valence-corrected chi connectivity index (χ1v) is 12.1. The highest BCUT2D eigenvalue weighted by atomic mass is 35.5. The van der Waals surface area contributed by atoms with Crippen LogP contribution in [0.15, 0.2) is 36.4 Å². The summed E-state index contributed by atoms with van der Waals surface area (Å²) in [6, 6.07) is 1.15. The number of hydrogen-bond donors (Lipinski definition) is 0. The second-order valence-corrected chi connectivity index (χ2v) is 9.89. The summed E-state index contributed by atoms with van der Waals surface area (Å²) in [4.78, 5) is 27.1. The molecule has 5 nitrogen and oxygen atoms in total. The molecular formula is C25H20ClF9N2O3. The van der Waals surface area contributed by atoms with Crippen LogP contribution in [0.2, 0.25) is 0 Å². The Kier molecular flexibility index (Phi) is 7.71. The number of anilines is 1. The van der Waals surface area contributed by atoms with E-state index < -0.39 is 70.9 Å². The zero-order chi connectivity index (χ0) is 29.8. The Labute approximate surface area is 226 Å². The van der Waals surface area contributed by atoms with E-state index in [1.54, 1.807) is 0 Å².